The molecular weight excluding hydrogens is 282 g/mol. The number of nitrogens with two attached hydrogens (primary N) is 1. The van der Waals surface area contributed by atoms with Crippen molar-refractivity contribution in [3.05, 3.63) is 58.5 Å². The zero-order chi connectivity index (χ0) is 12.1. The van der Waals surface area contributed by atoms with Crippen LogP contribution in [0.5, 0.6) is 0 Å². The standard InChI is InChI=1S/C13H14BrNO2/c14-12-6-2-1-5-11(12)13(8-15)17-9-10-4-3-7-16-10/h1-7,13H,8-9,15H2. The molecule has 2 rings (SSSR count). The summed E-state index contributed by atoms with van der Waals surface area (Å²) in [4.78, 5) is 0. The van der Waals surface area contributed by atoms with Gasteiger partial charge in [-0.1, -0.05) is 34.1 Å². The fraction of sp³-hybridized carbons (Fsp3) is 0.231. The summed E-state index contributed by atoms with van der Waals surface area (Å²) in [6.45, 7) is 0.861. The van der Waals surface area contributed by atoms with Gasteiger partial charge in [-0.2, -0.15) is 0 Å². The maximum Gasteiger partial charge on any atom is 0.129 e. The second-order valence-corrected chi connectivity index (χ2v) is 4.49. The third-order valence-electron chi connectivity index (χ3n) is 2.47. The molecule has 0 saturated carbocycles. The highest BCUT2D eigenvalue weighted by molar-refractivity contribution is 9.10. The fourth-order valence-corrected chi connectivity index (χ4v) is 2.14. The number of rotatable bonds is 5. The second kappa shape index (κ2) is 6.00. The van der Waals surface area contributed by atoms with Gasteiger partial charge in [0.25, 0.3) is 0 Å². The van der Waals surface area contributed by atoms with Crippen LogP contribution in [0.25, 0.3) is 0 Å². The van der Waals surface area contributed by atoms with Crippen molar-refractivity contribution in [3.63, 3.8) is 0 Å². The van der Waals surface area contributed by atoms with E-state index in [-0.39, 0.29) is 6.10 Å². The molecule has 0 radical (unpaired) electrons. The third kappa shape index (κ3) is 3.19. The van der Waals surface area contributed by atoms with Gasteiger partial charge < -0.3 is 14.9 Å². The first-order chi connectivity index (χ1) is 8.31. The van der Waals surface area contributed by atoms with E-state index in [0.717, 1.165) is 15.8 Å². The molecule has 2 aromatic rings. The van der Waals surface area contributed by atoms with Crippen LogP contribution in [0.1, 0.15) is 17.4 Å². The van der Waals surface area contributed by atoms with Crippen LogP contribution < -0.4 is 5.73 Å². The Morgan fingerprint density at radius 2 is 2.06 bits per heavy atom. The van der Waals surface area contributed by atoms with Crippen molar-refractivity contribution < 1.29 is 9.15 Å². The number of hydrogen-bond donors (Lipinski definition) is 1. The van der Waals surface area contributed by atoms with Crippen molar-refractivity contribution in [2.24, 2.45) is 5.73 Å². The summed E-state index contributed by atoms with van der Waals surface area (Å²) in [5, 5.41) is 0. The Kier molecular flexibility index (Phi) is 4.36. The summed E-state index contributed by atoms with van der Waals surface area (Å²) in [6.07, 6.45) is 1.50. The largest absolute Gasteiger partial charge is 0.467 e. The highest BCUT2D eigenvalue weighted by Crippen LogP contribution is 2.25. The minimum atomic E-state index is -0.129. The topological polar surface area (TPSA) is 48.4 Å². The van der Waals surface area contributed by atoms with Crippen molar-refractivity contribution in [1.29, 1.82) is 0 Å². The van der Waals surface area contributed by atoms with Crippen molar-refractivity contribution in [3.8, 4) is 0 Å². The Balaban J connectivity index is 2.04. The van der Waals surface area contributed by atoms with Crippen LogP contribution >= 0.6 is 15.9 Å². The highest BCUT2D eigenvalue weighted by atomic mass is 79.9. The van der Waals surface area contributed by atoms with E-state index in [1.54, 1.807) is 6.26 Å². The summed E-state index contributed by atoms with van der Waals surface area (Å²) < 4.78 is 12.0. The summed E-state index contributed by atoms with van der Waals surface area (Å²) in [5.41, 5.74) is 6.79. The van der Waals surface area contributed by atoms with Crippen LogP contribution in [-0.2, 0) is 11.3 Å². The van der Waals surface area contributed by atoms with Crippen molar-refractivity contribution in [2.75, 3.05) is 6.54 Å². The minimum Gasteiger partial charge on any atom is -0.467 e. The van der Waals surface area contributed by atoms with Crippen LogP contribution in [0.3, 0.4) is 0 Å². The molecule has 3 nitrogen and oxygen atoms in total. The molecule has 1 aromatic carbocycles. The van der Waals surface area contributed by atoms with Gasteiger partial charge in [0.05, 0.1) is 12.4 Å². The zero-order valence-corrected chi connectivity index (χ0v) is 10.9. The highest BCUT2D eigenvalue weighted by Gasteiger charge is 2.13. The number of ether oxygens (including phenoxy) is 1. The molecule has 17 heavy (non-hydrogen) atoms. The molecular formula is C13H14BrNO2. The Hall–Kier alpha value is -1.10. The van der Waals surface area contributed by atoms with Gasteiger partial charge >= 0.3 is 0 Å². The third-order valence-corrected chi connectivity index (χ3v) is 3.20. The Morgan fingerprint density at radius 1 is 1.24 bits per heavy atom. The lowest BCUT2D eigenvalue weighted by Gasteiger charge is -2.17. The molecule has 0 saturated heterocycles. The summed E-state index contributed by atoms with van der Waals surface area (Å²) in [5.74, 6) is 0.801. The van der Waals surface area contributed by atoms with Gasteiger partial charge in [0.15, 0.2) is 0 Å². The van der Waals surface area contributed by atoms with Crippen LogP contribution in [0.2, 0.25) is 0 Å². The molecule has 4 heteroatoms. The summed E-state index contributed by atoms with van der Waals surface area (Å²) in [7, 11) is 0. The first kappa shape index (κ1) is 12.4. The van der Waals surface area contributed by atoms with Crippen LogP contribution in [0.15, 0.2) is 51.6 Å². The van der Waals surface area contributed by atoms with E-state index in [1.165, 1.54) is 0 Å². The van der Waals surface area contributed by atoms with E-state index in [4.69, 9.17) is 14.9 Å². The zero-order valence-electron chi connectivity index (χ0n) is 9.30. The van der Waals surface area contributed by atoms with E-state index in [9.17, 15) is 0 Å². The van der Waals surface area contributed by atoms with Gasteiger partial charge in [0.2, 0.25) is 0 Å². The molecule has 90 valence electrons. The lowest BCUT2D eigenvalue weighted by Crippen LogP contribution is -2.16. The quantitative estimate of drug-likeness (QED) is 0.921. The molecule has 0 spiro atoms. The number of halogens is 1. The lowest BCUT2D eigenvalue weighted by molar-refractivity contribution is 0.0351. The van der Waals surface area contributed by atoms with Crippen LogP contribution in [0, 0.1) is 0 Å². The minimum absolute atomic E-state index is 0.129. The molecule has 0 aliphatic heterocycles. The van der Waals surface area contributed by atoms with Gasteiger partial charge in [0, 0.05) is 11.0 Å². The molecule has 2 N–H and O–H groups in total. The summed E-state index contributed by atoms with van der Waals surface area (Å²) >= 11 is 3.50. The van der Waals surface area contributed by atoms with Crippen molar-refractivity contribution in [1.82, 2.24) is 0 Å². The van der Waals surface area contributed by atoms with Gasteiger partial charge in [0.1, 0.15) is 12.4 Å². The molecule has 1 atom stereocenters. The molecule has 0 amide bonds. The smallest absolute Gasteiger partial charge is 0.129 e. The number of furan rings is 1. The monoisotopic (exact) mass is 295 g/mol. The average molecular weight is 296 g/mol. The van der Waals surface area contributed by atoms with E-state index in [0.29, 0.717) is 13.2 Å². The number of hydrogen-bond acceptors (Lipinski definition) is 3. The van der Waals surface area contributed by atoms with Crippen LogP contribution in [0.4, 0.5) is 0 Å². The molecule has 0 aliphatic rings. The molecule has 1 heterocycles. The van der Waals surface area contributed by atoms with E-state index >= 15 is 0 Å². The van der Waals surface area contributed by atoms with E-state index in [2.05, 4.69) is 15.9 Å². The van der Waals surface area contributed by atoms with Crippen molar-refractivity contribution in [2.45, 2.75) is 12.7 Å². The summed E-state index contributed by atoms with van der Waals surface area (Å²) in [6, 6.07) is 11.6. The van der Waals surface area contributed by atoms with E-state index < -0.39 is 0 Å². The molecule has 0 fully saturated rings. The average Bonchev–Trinajstić information content (AvgIpc) is 2.85. The Morgan fingerprint density at radius 3 is 2.71 bits per heavy atom. The molecule has 0 aliphatic carbocycles. The Bertz CT molecular complexity index is 456. The maximum atomic E-state index is 5.75. The molecule has 0 bridgehead atoms. The van der Waals surface area contributed by atoms with Crippen molar-refractivity contribution >= 4 is 15.9 Å². The van der Waals surface area contributed by atoms with Gasteiger partial charge in [-0.05, 0) is 23.8 Å². The fourth-order valence-electron chi connectivity index (χ4n) is 1.60. The lowest BCUT2D eigenvalue weighted by atomic mass is 10.1. The second-order valence-electron chi connectivity index (χ2n) is 3.64. The normalized spacial score (nSPS) is 12.6. The predicted octanol–water partition coefficient (Wildman–Crippen LogP) is 3.26. The maximum absolute atomic E-state index is 5.75. The first-order valence-electron chi connectivity index (χ1n) is 5.39. The van der Waals surface area contributed by atoms with Gasteiger partial charge in [-0.15, -0.1) is 0 Å². The van der Waals surface area contributed by atoms with Crippen LogP contribution in [-0.4, -0.2) is 6.54 Å². The SMILES string of the molecule is NCC(OCc1ccco1)c1ccccc1Br. The number of benzene rings is 1. The predicted molar refractivity (Wildman–Crippen MR) is 69.4 cm³/mol. The van der Waals surface area contributed by atoms with Gasteiger partial charge in [-0.3, -0.25) is 0 Å². The Labute approximate surface area is 109 Å². The van der Waals surface area contributed by atoms with E-state index in [1.807, 2.05) is 36.4 Å². The molecule has 1 unspecified atom stereocenters. The first-order valence-corrected chi connectivity index (χ1v) is 6.19. The van der Waals surface area contributed by atoms with Gasteiger partial charge in [-0.25, -0.2) is 0 Å². The molecule has 1 aromatic heterocycles.